The quantitative estimate of drug-likeness (QED) is 0.800. The van der Waals surface area contributed by atoms with Gasteiger partial charge in [0.2, 0.25) is 0 Å². The van der Waals surface area contributed by atoms with Crippen molar-refractivity contribution in [3.8, 4) is 0 Å². The average Bonchev–Trinajstić information content (AvgIpc) is 2.46. The topological polar surface area (TPSA) is 20.2 Å². The molecule has 15 heavy (non-hydrogen) atoms. The van der Waals surface area contributed by atoms with Crippen LogP contribution in [0.2, 0.25) is 0 Å². The van der Waals surface area contributed by atoms with Crippen LogP contribution in [0.3, 0.4) is 0 Å². The van der Waals surface area contributed by atoms with Crippen LogP contribution in [-0.2, 0) is 5.60 Å². The van der Waals surface area contributed by atoms with Gasteiger partial charge in [-0.15, -0.1) is 0 Å². The number of thioether (sulfide) groups is 1. The number of benzene rings is 1. The molecule has 0 spiro atoms. The summed E-state index contributed by atoms with van der Waals surface area (Å²) >= 11 is 1.53. The van der Waals surface area contributed by atoms with E-state index in [1.807, 2.05) is 6.92 Å². The Kier molecular flexibility index (Phi) is 2.73. The molecule has 2 atom stereocenters. The zero-order valence-electron chi connectivity index (χ0n) is 8.34. The molecular weight excluding hydrogens is 218 g/mol. The van der Waals surface area contributed by atoms with Crippen molar-refractivity contribution in [1.82, 2.24) is 0 Å². The van der Waals surface area contributed by atoms with Gasteiger partial charge in [0.15, 0.2) is 0 Å². The third-order valence-electron chi connectivity index (χ3n) is 2.66. The third-order valence-corrected chi connectivity index (χ3v) is 4.04. The van der Waals surface area contributed by atoms with Crippen LogP contribution in [0.1, 0.15) is 18.9 Å². The molecule has 1 aromatic carbocycles. The largest absolute Gasteiger partial charge is 0.384 e. The van der Waals surface area contributed by atoms with Crippen LogP contribution in [0.25, 0.3) is 0 Å². The summed E-state index contributed by atoms with van der Waals surface area (Å²) in [5.74, 6) is -0.967. The summed E-state index contributed by atoms with van der Waals surface area (Å²) in [6.07, 6.45) is 0.398. The minimum Gasteiger partial charge on any atom is -0.384 e. The molecular formula is C11H12F2OS. The van der Waals surface area contributed by atoms with Crippen LogP contribution in [0.5, 0.6) is 0 Å². The van der Waals surface area contributed by atoms with E-state index in [1.54, 1.807) is 0 Å². The molecule has 0 radical (unpaired) electrons. The molecule has 0 bridgehead atoms. The van der Waals surface area contributed by atoms with Gasteiger partial charge in [-0.3, -0.25) is 0 Å². The van der Waals surface area contributed by atoms with Crippen LogP contribution < -0.4 is 0 Å². The fourth-order valence-electron chi connectivity index (χ4n) is 1.99. The van der Waals surface area contributed by atoms with Crippen molar-refractivity contribution in [1.29, 1.82) is 0 Å². The first-order valence-electron chi connectivity index (χ1n) is 4.81. The van der Waals surface area contributed by atoms with Crippen LogP contribution in [0, 0.1) is 11.6 Å². The normalized spacial score (nSPS) is 30.8. The molecule has 1 nitrogen and oxygen atoms in total. The Morgan fingerprint density at radius 3 is 2.47 bits per heavy atom. The lowest BCUT2D eigenvalue weighted by atomic mass is 9.90. The molecule has 0 amide bonds. The summed E-state index contributed by atoms with van der Waals surface area (Å²) < 4.78 is 26.9. The molecule has 0 aliphatic carbocycles. The second kappa shape index (κ2) is 3.76. The average molecular weight is 230 g/mol. The predicted molar refractivity (Wildman–Crippen MR) is 56.8 cm³/mol. The third kappa shape index (κ3) is 1.88. The smallest absolute Gasteiger partial charge is 0.132 e. The van der Waals surface area contributed by atoms with Gasteiger partial charge < -0.3 is 5.11 Å². The van der Waals surface area contributed by atoms with Gasteiger partial charge in [0, 0.05) is 11.0 Å². The van der Waals surface area contributed by atoms with Gasteiger partial charge in [-0.25, -0.2) is 8.78 Å². The summed E-state index contributed by atoms with van der Waals surface area (Å²) in [6, 6.07) is 3.68. The number of hydrogen-bond acceptors (Lipinski definition) is 2. The lowest BCUT2D eigenvalue weighted by Gasteiger charge is -2.23. The Morgan fingerprint density at radius 2 is 2.00 bits per heavy atom. The predicted octanol–water partition coefficient (Wildman–Crippen LogP) is 2.68. The van der Waals surface area contributed by atoms with Crippen molar-refractivity contribution in [3.05, 3.63) is 35.4 Å². The Hall–Kier alpha value is -0.610. The second-order valence-electron chi connectivity index (χ2n) is 3.95. The number of aliphatic hydroxyl groups is 1. The fraction of sp³-hybridized carbons (Fsp3) is 0.455. The lowest BCUT2D eigenvalue weighted by Crippen LogP contribution is -2.28. The van der Waals surface area contributed by atoms with Crippen molar-refractivity contribution in [2.24, 2.45) is 0 Å². The highest BCUT2D eigenvalue weighted by Crippen LogP contribution is 2.42. The van der Waals surface area contributed by atoms with E-state index in [9.17, 15) is 13.9 Å². The first kappa shape index (κ1) is 10.9. The monoisotopic (exact) mass is 230 g/mol. The summed E-state index contributed by atoms with van der Waals surface area (Å²) in [4.78, 5) is 0. The zero-order chi connectivity index (χ0) is 11.1. The van der Waals surface area contributed by atoms with Crippen molar-refractivity contribution in [3.63, 3.8) is 0 Å². The van der Waals surface area contributed by atoms with E-state index in [-0.39, 0.29) is 10.8 Å². The molecule has 1 fully saturated rings. The van der Waals surface area contributed by atoms with Crippen LogP contribution in [-0.4, -0.2) is 16.1 Å². The maximum Gasteiger partial charge on any atom is 0.132 e. The highest BCUT2D eigenvalue weighted by atomic mass is 32.2. The molecule has 1 aliphatic rings. The van der Waals surface area contributed by atoms with Crippen molar-refractivity contribution in [2.75, 3.05) is 5.75 Å². The minimum absolute atomic E-state index is 0.179. The Bertz CT molecular complexity index is 363. The van der Waals surface area contributed by atoms with Crippen molar-refractivity contribution >= 4 is 11.8 Å². The molecule has 2 unspecified atom stereocenters. The standard InChI is InChI=1S/C11H12F2OS/c1-7-5-11(14,6-15-7)10-8(12)3-2-4-9(10)13/h2-4,7,14H,5-6H2,1H3. The Balaban J connectivity index is 2.45. The molecule has 0 aromatic heterocycles. The molecule has 1 aliphatic heterocycles. The van der Waals surface area contributed by atoms with Gasteiger partial charge in [-0.1, -0.05) is 13.0 Å². The van der Waals surface area contributed by atoms with E-state index in [4.69, 9.17) is 0 Å². The number of halogens is 2. The van der Waals surface area contributed by atoms with Gasteiger partial charge in [-0.2, -0.15) is 11.8 Å². The van der Waals surface area contributed by atoms with Crippen LogP contribution in [0.15, 0.2) is 18.2 Å². The fourth-order valence-corrected chi connectivity index (χ4v) is 3.21. The molecule has 82 valence electrons. The van der Waals surface area contributed by atoms with E-state index in [1.165, 1.54) is 30.0 Å². The molecule has 1 aromatic rings. The lowest BCUT2D eigenvalue weighted by molar-refractivity contribution is 0.0533. The summed E-state index contributed by atoms with van der Waals surface area (Å²) in [5.41, 5.74) is -1.53. The van der Waals surface area contributed by atoms with Crippen LogP contribution >= 0.6 is 11.8 Å². The van der Waals surface area contributed by atoms with E-state index in [0.717, 1.165) is 0 Å². The summed E-state index contributed by atoms with van der Waals surface area (Å²) in [7, 11) is 0. The SMILES string of the molecule is CC1CC(O)(c2c(F)cccc2F)CS1. The maximum absolute atomic E-state index is 13.5. The number of hydrogen-bond donors (Lipinski definition) is 1. The first-order valence-corrected chi connectivity index (χ1v) is 5.86. The highest BCUT2D eigenvalue weighted by Gasteiger charge is 2.41. The molecule has 4 heteroatoms. The maximum atomic E-state index is 13.5. The van der Waals surface area contributed by atoms with Crippen molar-refractivity contribution < 1.29 is 13.9 Å². The Labute approximate surface area is 91.5 Å². The van der Waals surface area contributed by atoms with Gasteiger partial charge in [-0.05, 0) is 18.6 Å². The highest BCUT2D eigenvalue weighted by molar-refractivity contribution is 8.00. The van der Waals surface area contributed by atoms with E-state index in [0.29, 0.717) is 12.2 Å². The van der Waals surface area contributed by atoms with E-state index >= 15 is 0 Å². The van der Waals surface area contributed by atoms with E-state index < -0.39 is 17.2 Å². The molecule has 1 N–H and O–H groups in total. The van der Waals surface area contributed by atoms with Gasteiger partial charge >= 0.3 is 0 Å². The molecule has 2 rings (SSSR count). The zero-order valence-corrected chi connectivity index (χ0v) is 9.15. The Morgan fingerprint density at radius 1 is 1.40 bits per heavy atom. The minimum atomic E-state index is -1.35. The second-order valence-corrected chi connectivity index (χ2v) is 5.38. The molecule has 0 saturated carbocycles. The molecule has 1 heterocycles. The first-order chi connectivity index (χ1) is 7.03. The number of rotatable bonds is 1. The van der Waals surface area contributed by atoms with Crippen molar-refractivity contribution in [2.45, 2.75) is 24.2 Å². The van der Waals surface area contributed by atoms with E-state index in [2.05, 4.69) is 0 Å². The summed E-state index contributed by atoms with van der Waals surface area (Å²) in [6.45, 7) is 1.95. The van der Waals surface area contributed by atoms with Gasteiger partial charge in [0.05, 0.1) is 5.56 Å². The van der Waals surface area contributed by atoms with Gasteiger partial charge in [0.1, 0.15) is 17.2 Å². The van der Waals surface area contributed by atoms with Crippen LogP contribution in [0.4, 0.5) is 8.78 Å². The van der Waals surface area contributed by atoms with Gasteiger partial charge in [0.25, 0.3) is 0 Å². The molecule has 1 saturated heterocycles. The summed E-state index contributed by atoms with van der Waals surface area (Å²) in [5, 5.41) is 10.4.